The van der Waals surface area contributed by atoms with Crippen molar-refractivity contribution in [3.05, 3.63) is 44.9 Å². The van der Waals surface area contributed by atoms with E-state index in [1.54, 1.807) is 17.5 Å². The van der Waals surface area contributed by atoms with Crippen LogP contribution in [0.4, 0.5) is 0 Å². The number of halogens is 1. The zero-order valence-corrected chi connectivity index (χ0v) is 11.5. The fraction of sp³-hybridized carbons (Fsp3) is 0.0833. The molecule has 1 aromatic carbocycles. The number of hydrogen-bond acceptors (Lipinski definition) is 5. The summed E-state index contributed by atoms with van der Waals surface area (Å²) in [5.74, 6) is 0.585. The second-order valence-electron chi connectivity index (χ2n) is 3.73. The molecule has 0 saturated heterocycles. The highest BCUT2D eigenvalue weighted by Gasteiger charge is 2.24. The highest BCUT2D eigenvalue weighted by molar-refractivity contribution is 9.10. The van der Waals surface area contributed by atoms with Gasteiger partial charge in [0.25, 0.3) is 0 Å². The van der Waals surface area contributed by atoms with Gasteiger partial charge in [0.2, 0.25) is 0 Å². The predicted molar refractivity (Wildman–Crippen MR) is 71.9 cm³/mol. The Labute approximate surface area is 116 Å². The van der Waals surface area contributed by atoms with Crippen LogP contribution in [0.1, 0.15) is 16.1 Å². The third-order valence-electron chi connectivity index (χ3n) is 2.57. The van der Waals surface area contributed by atoms with E-state index in [-0.39, 0.29) is 12.4 Å². The maximum absolute atomic E-state index is 12.3. The number of para-hydroxylation sites is 1. The molecule has 0 atom stereocenters. The largest absolute Gasteiger partial charge is 0.487 e. The maximum Gasteiger partial charge on any atom is 0.196 e. The van der Waals surface area contributed by atoms with E-state index in [1.807, 2.05) is 12.1 Å². The van der Waals surface area contributed by atoms with Gasteiger partial charge in [0.15, 0.2) is 5.78 Å². The summed E-state index contributed by atoms with van der Waals surface area (Å²) in [5.41, 5.74) is 1.85. The van der Waals surface area contributed by atoms with Gasteiger partial charge in [-0.2, -0.15) is 0 Å². The van der Waals surface area contributed by atoms with Crippen molar-refractivity contribution < 1.29 is 9.53 Å². The van der Waals surface area contributed by atoms with E-state index in [0.717, 1.165) is 4.47 Å². The SMILES string of the molecule is O=C1C(=Cc2csnn2)COc2c(Br)cccc21. The van der Waals surface area contributed by atoms with Gasteiger partial charge < -0.3 is 4.74 Å². The molecule has 4 nitrogen and oxygen atoms in total. The molecule has 0 radical (unpaired) electrons. The fourth-order valence-corrected chi connectivity index (χ4v) is 2.64. The molecule has 0 unspecified atom stereocenters. The zero-order chi connectivity index (χ0) is 12.5. The number of ether oxygens (including phenoxy) is 1. The van der Waals surface area contributed by atoms with Crippen molar-refractivity contribution >= 4 is 39.3 Å². The van der Waals surface area contributed by atoms with Crippen LogP contribution in [0.2, 0.25) is 0 Å². The molecule has 18 heavy (non-hydrogen) atoms. The number of carbonyl (C=O) groups is 1. The van der Waals surface area contributed by atoms with Crippen LogP contribution >= 0.6 is 27.5 Å². The standard InChI is InChI=1S/C12H7BrN2O2S/c13-10-3-1-2-9-11(16)7(5-17-12(9)10)4-8-6-18-15-14-8/h1-4,6H,5H2. The van der Waals surface area contributed by atoms with E-state index in [9.17, 15) is 4.79 Å². The molecule has 90 valence electrons. The molecule has 0 spiro atoms. The minimum Gasteiger partial charge on any atom is -0.487 e. The molecule has 2 heterocycles. The summed E-state index contributed by atoms with van der Waals surface area (Å²) in [6.07, 6.45) is 1.72. The third kappa shape index (κ3) is 1.97. The van der Waals surface area contributed by atoms with Crippen LogP contribution in [0.15, 0.2) is 33.6 Å². The van der Waals surface area contributed by atoms with Crippen molar-refractivity contribution in [2.24, 2.45) is 0 Å². The number of Topliss-reactive ketones (excluding diaryl/α,β-unsaturated/α-hetero) is 1. The summed E-state index contributed by atoms with van der Waals surface area (Å²) in [6, 6.07) is 5.43. The van der Waals surface area contributed by atoms with Crippen molar-refractivity contribution in [1.82, 2.24) is 9.59 Å². The second kappa shape index (κ2) is 4.62. The van der Waals surface area contributed by atoms with Gasteiger partial charge in [-0.3, -0.25) is 4.79 Å². The molecule has 0 bridgehead atoms. The Balaban J connectivity index is 2.02. The first-order valence-corrected chi connectivity index (χ1v) is 6.82. The molecule has 0 N–H and O–H groups in total. The highest BCUT2D eigenvalue weighted by Crippen LogP contribution is 2.34. The van der Waals surface area contributed by atoms with Gasteiger partial charge in [0, 0.05) is 11.0 Å². The summed E-state index contributed by atoms with van der Waals surface area (Å²) >= 11 is 4.62. The highest BCUT2D eigenvalue weighted by atomic mass is 79.9. The summed E-state index contributed by atoms with van der Waals surface area (Å²) < 4.78 is 10.2. The molecule has 1 aromatic heterocycles. The lowest BCUT2D eigenvalue weighted by Gasteiger charge is -2.19. The Hall–Kier alpha value is -1.53. The summed E-state index contributed by atoms with van der Waals surface area (Å²) in [4.78, 5) is 12.3. The van der Waals surface area contributed by atoms with Gasteiger partial charge >= 0.3 is 0 Å². The number of hydrogen-bond donors (Lipinski definition) is 0. The van der Waals surface area contributed by atoms with Crippen molar-refractivity contribution in [3.8, 4) is 5.75 Å². The van der Waals surface area contributed by atoms with Crippen molar-refractivity contribution in [2.45, 2.75) is 0 Å². The van der Waals surface area contributed by atoms with Crippen LogP contribution < -0.4 is 4.74 Å². The predicted octanol–water partition coefficient (Wildman–Crippen LogP) is 2.96. The molecule has 0 saturated carbocycles. The van der Waals surface area contributed by atoms with Gasteiger partial charge in [0.1, 0.15) is 12.4 Å². The lowest BCUT2D eigenvalue weighted by molar-refractivity contribution is 0.100. The van der Waals surface area contributed by atoms with Gasteiger partial charge in [-0.25, -0.2) is 0 Å². The fourth-order valence-electron chi connectivity index (χ4n) is 1.74. The van der Waals surface area contributed by atoms with Gasteiger partial charge in [0.05, 0.1) is 15.7 Å². The molecule has 0 fully saturated rings. The topological polar surface area (TPSA) is 52.1 Å². The van der Waals surface area contributed by atoms with Crippen LogP contribution in [0.3, 0.4) is 0 Å². The van der Waals surface area contributed by atoms with Gasteiger partial charge in [-0.1, -0.05) is 10.6 Å². The summed E-state index contributed by atoms with van der Waals surface area (Å²) in [7, 11) is 0. The number of benzene rings is 1. The monoisotopic (exact) mass is 322 g/mol. The number of ketones is 1. The molecule has 1 aliphatic rings. The van der Waals surface area contributed by atoms with E-state index in [2.05, 4.69) is 25.5 Å². The first-order valence-electron chi connectivity index (χ1n) is 5.19. The van der Waals surface area contributed by atoms with Crippen LogP contribution in [-0.2, 0) is 0 Å². The average Bonchev–Trinajstić information content (AvgIpc) is 2.86. The lowest BCUT2D eigenvalue weighted by Crippen LogP contribution is -2.19. The minimum atomic E-state index is -0.0226. The van der Waals surface area contributed by atoms with Gasteiger partial charge in [-0.05, 0) is 45.7 Å². The molecule has 0 aliphatic carbocycles. The van der Waals surface area contributed by atoms with Gasteiger partial charge in [-0.15, -0.1) is 5.10 Å². The van der Waals surface area contributed by atoms with Crippen LogP contribution in [0.25, 0.3) is 6.08 Å². The van der Waals surface area contributed by atoms with E-state index in [0.29, 0.717) is 22.6 Å². The lowest BCUT2D eigenvalue weighted by atomic mass is 10.00. The first kappa shape index (κ1) is 11.6. The molecule has 6 heteroatoms. The second-order valence-corrected chi connectivity index (χ2v) is 5.20. The smallest absolute Gasteiger partial charge is 0.196 e. The number of fused-ring (bicyclic) bond motifs is 1. The Morgan fingerprint density at radius 2 is 2.33 bits per heavy atom. The van der Waals surface area contributed by atoms with Crippen LogP contribution in [0.5, 0.6) is 5.75 Å². The summed E-state index contributed by atoms with van der Waals surface area (Å²) in [5, 5.41) is 5.68. The molecular weight excluding hydrogens is 316 g/mol. The molecule has 0 amide bonds. The number of nitrogens with zero attached hydrogens (tertiary/aromatic N) is 2. The Kier molecular flexibility index (Phi) is 2.97. The number of carbonyl (C=O) groups excluding carboxylic acids is 1. The van der Waals surface area contributed by atoms with Crippen molar-refractivity contribution in [3.63, 3.8) is 0 Å². The zero-order valence-electron chi connectivity index (χ0n) is 9.09. The molecule has 2 aromatic rings. The number of aromatic nitrogens is 2. The normalized spacial score (nSPS) is 16.5. The quantitative estimate of drug-likeness (QED) is 0.757. The first-order chi connectivity index (χ1) is 8.75. The van der Waals surface area contributed by atoms with Crippen LogP contribution in [0, 0.1) is 0 Å². The Morgan fingerprint density at radius 1 is 1.44 bits per heavy atom. The molecule has 1 aliphatic heterocycles. The van der Waals surface area contributed by atoms with E-state index in [4.69, 9.17) is 4.74 Å². The van der Waals surface area contributed by atoms with Crippen LogP contribution in [-0.4, -0.2) is 22.0 Å². The summed E-state index contributed by atoms with van der Waals surface area (Å²) in [6.45, 7) is 0.256. The molecular formula is C12H7BrN2O2S. The van der Waals surface area contributed by atoms with Crippen molar-refractivity contribution in [1.29, 1.82) is 0 Å². The number of rotatable bonds is 1. The average molecular weight is 323 g/mol. The molecule has 3 rings (SSSR count). The maximum atomic E-state index is 12.3. The van der Waals surface area contributed by atoms with E-state index in [1.165, 1.54) is 11.5 Å². The minimum absolute atomic E-state index is 0.0226. The Bertz CT molecular complexity index is 638. The van der Waals surface area contributed by atoms with E-state index < -0.39 is 0 Å². The van der Waals surface area contributed by atoms with Crippen molar-refractivity contribution in [2.75, 3.05) is 6.61 Å². The Morgan fingerprint density at radius 3 is 3.11 bits per heavy atom. The third-order valence-corrected chi connectivity index (χ3v) is 3.72. The van der Waals surface area contributed by atoms with E-state index >= 15 is 0 Å².